The molecule has 0 aliphatic heterocycles. The average Bonchev–Trinajstić information content (AvgIpc) is 3.00. The predicted octanol–water partition coefficient (Wildman–Crippen LogP) is 1.87. The van der Waals surface area contributed by atoms with Crippen molar-refractivity contribution in [2.24, 2.45) is 0 Å². The van der Waals surface area contributed by atoms with Crippen LogP contribution in [0.15, 0.2) is 29.8 Å². The third-order valence-electron chi connectivity index (χ3n) is 2.77. The Kier molecular flexibility index (Phi) is 6.95. The van der Waals surface area contributed by atoms with E-state index in [4.69, 9.17) is 9.47 Å². The van der Waals surface area contributed by atoms with Gasteiger partial charge in [-0.2, -0.15) is 0 Å². The Hall–Kier alpha value is -1.83. The molecule has 0 spiro atoms. The molecule has 2 heterocycles. The molecular formula is C15H19N3O3S. The number of nitrogens with one attached hydrogen (secondary N) is 1. The summed E-state index contributed by atoms with van der Waals surface area (Å²) in [5.74, 6) is -0.0374. The number of thiazole rings is 1. The Bertz CT molecular complexity index is 574. The van der Waals surface area contributed by atoms with Crippen LogP contribution in [0.5, 0.6) is 0 Å². The molecule has 6 nitrogen and oxygen atoms in total. The van der Waals surface area contributed by atoms with Crippen molar-refractivity contribution in [2.45, 2.75) is 12.8 Å². The van der Waals surface area contributed by atoms with Crippen molar-refractivity contribution in [1.82, 2.24) is 15.3 Å². The van der Waals surface area contributed by atoms with Gasteiger partial charge in [0.15, 0.2) is 0 Å². The van der Waals surface area contributed by atoms with E-state index in [9.17, 15) is 4.79 Å². The second-order valence-electron chi connectivity index (χ2n) is 4.55. The Morgan fingerprint density at radius 2 is 2.32 bits per heavy atom. The first kappa shape index (κ1) is 16.5. The zero-order valence-electron chi connectivity index (χ0n) is 12.4. The Morgan fingerprint density at radius 3 is 3.09 bits per heavy atom. The van der Waals surface area contributed by atoms with Crippen LogP contribution in [0.4, 0.5) is 0 Å². The standard InChI is InChI=1S/C15H19N3O3S/c1-20-11-21-8-4-7-17-14(19)9-12-10-22-15(18-12)13-5-2-3-6-16-13/h2-3,5-6,10H,4,7-9,11H2,1H3,(H,17,19). The number of carbonyl (C=O) groups excluding carboxylic acids is 1. The third kappa shape index (κ3) is 5.51. The minimum Gasteiger partial charge on any atom is -0.359 e. The molecule has 0 saturated carbocycles. The van der Waals surface area contributed by atoms with E-state index in [2.05, 4.69) is 15.3 Å². The molecule has 0 aromatic carbocycles. The number of ether oxygens (including phenoxy) is 2. The molecule has 1 N–H and O–H groups in total. The fourth-order valence-corrected chi connectivity index (χ4v) is 2.56. The highest BCUT2D eigenvalue weighted by Gasteiger charge is 2.09. The van der Waals surface area contributed by atoms with Gasteiger partial charge in [0.2, 0.25) is 5.91 Å². The van der Waals surface area contributed by atoms with Gasteiger partial charge in [0.05, 0.1) is 24.4 Å². The molecule has 7 heteroatoms. The van der Waals surface area contributed by atoms with Crippen LogP contribution in [0, 0.1) is 0 Å². The van der Waals surface area contributed by atoms with Gasteiger partial charge in [0.1, 0.15) is 11.8 Å². The second kappa shape index (κ2) is 9.24. The van der Waals surface area contributed by atoms with E-state index in [1.54, 1.807) is 13.3 Å². The largest absolute Gasteiger partial charge is 0.359 e. The molecule has 1 amide bonds. The first-order valence-electron chi connectivity index (χ1n) is 6.99. The van der Waals surface area contributed by atoms with Gasteiger partial charge >= 0.3 is 0 Å². The van der Waals surface area contributed by atoms with Crippen LogP contribution < -0.4 is 5.32 Å². The van der Waals surface area contributed by atoms with E-state index in [0.717, 1.165) is 22.8 Å². The summed E-state index contributed by atoms with van der Waals surface area (Å²) in [5, 5.41) is 5.57. The lowest BCUT2D eigenvalue weighted by Crippen LogP contribution is -2.27. The molecule has 0 fully saturated rings. The van der Waals surface area contributed by atoms with Crippen molar-refractivity contribution in [3.63, 3.8) is 0 Å². The molecule has 2 aromatic rings. The summed E-state index contributed by atoms with van der Waals surface area (Å²) in [4.78, 5) is 20.5. The molecular weight excluding hydrogens is 302 g/mol. The highest BCUT2D eigenvalue weighted by molar-refractivity contribution is 7.13. The van der Waals surface area contributed by atoms with Crippen LogP contribution in [0.1, 0.15) is 12.1 Å². The lowest BCUT2D eigenvalue weighted by atomic mass is 10.3. The van der Waals surface area contributed by atoms with Gasteiger partial charge in [-0.3, -0.25) is 9.78 Å². The van der Waals surface area contributed by atoms with E-state index in [0.29, 0.717) is 13.2 Å². The molecule has 0 radical (unpaired) electrons. The third-order valence-corrected chi connectivity index (χ3v) is 3.68. The van der Waals surface area contributed by atoms with Crippen LogP contribution in [0.3, 0.4) is 0 Å². The van der Waals surface area contributed by atoms with E-state index in [-0.39, 0.29) is 19.1 Å². The van der Waals surface area contributed by atoms with Crippen LogP contribution in [-0.2, 0) is 20.7 Å². The molecule has 0 unspecified atom stereocenters. The number of amides is 1. The normalized spacial score (nSPS) is 10.6. The van der Waals surface area contributed by atoms with Gasteiger partial charge < -0.3 is 14.8 Å². The Morgan fingerprint density at radius 1 is 1.41 bits per heavy atom. The quantitative estimate of drug-likeness (QED) is 0.564. The van der Waals surface area contributed by atoms with Crippen molar-refractivity contribution < 1.29 is 14.3 Å². The lowest BCUT2D eigenvalue weighted by molar-refractivity contribution is -0.120. The van der Waals surface area contributed by atoms with Crippen LogP contribution in [0.25, 0.3) is 10.7 Å². The summed E-state index contributed by atoms with van der Waals surface area (Å²) < 4.78 is 9.91. The zero-order chi connectivity index (χ0) is 15.6. The molecule has 0 atom stereocenters. The highest BCUT2D eigenvalue weighted by Crippen LogP contribution is 2.21. The number of rotatable bonds is 9. The number of nitrogens with zero attached hydrogens (tertiary/aromatic N) is 2. The second-order valence-corrected chi connectivity index (χ2v) is 5.41. The molecule has 0 aliphatic rings. The maximum Gasteiger partial charge on any atom is 0.226 e. The van der Waals surface area contributed by atoms with Crippen molar-refractivity contribution in [3.05, 3.63) is 35.5 Å². The molecule has 22 heavy (non-hydrogen) atoms. The first-order chi connectivity index (χ1) is 10.8. The number of pyridine rings is 1. The summed E-state index contributed by atoms with van der Waals surface area (Å²) in [7, 11) is 1.58. The molecule has 0 bridgehead atoms. The summed E-state index contributed by atoms with van der Waals surface area (Å²) in [6.07, 6.45) is 2.77. The summed E-state index contributed by atoms with van der Waals surface area (Å²) in [6.45, 7) is 1.43. The Balaban J connectivity index is 1.72. The van der Waals surface area contributed by atoms with E-state index >= 15 is 0 Å². The SMILES string of the molecule is COCOCCCNC(=O)Cc1csc(-c2ccccn2)n1. The number of hydrogen-bond donors (Lipinski definition) is 1. The first-order valence-corrected chi connectivity index (χ1v) is 7.86. The molecule has 118 valence electrons. The van der Waals surface area contributed by atoms with Gasteiger partial charge in [0.25, 0.3) is 0 Å². The zero-order valence-corrected chi connectivity index (χ0v) is 13.3. The minimum absolute atomic E-state index is 0.0374. The molecule has 2 rings (SSSR count). The van der Waals surface area contributed by atoms with Crippen LogP contribution in [-0.4, -0.2) is 42.9 Å². The molecule has 0 aliphatic carbocycles. The Labute approximate surface area is 133 Å². The van der Waals surface area contributed by atoms with E-state index in [1.165, 1.54) is 11.3 Å². The van der Waals surface area contributed by atoms with Crippen molar-refractivity contribution in [3.8, 4) is 10.7 Å². The monoisotopic (exact) mass is 321 g/mol. The summed E-state index contributed by atoms with van der Waals surface area (Å²) in [5.41, 5.74) is 1.59. The summed E-state index contributed by atoms with van der Waals surface area (Å²) in [6, 6.07) is 5.69. The summed E-state index contributed by atoms with van der Waals surface area (Å²) >= 11 is 1.49. The van der Waals surface area contributed by atoms with E-state index < -0.39 is 0 Å². The number of hydrogen-bond acceptors (Lipinski definition) is 6. The van der Waals surface area contributed by atoms with Crippen molar-refractivity contribution in [1.29, 1.82) is 0 Å². The maximum absolute atomic E-state index is 11.8. The van der Waals surface area contributed by atoms with E-state index in [1.807, 2.05) is 23.6 Å². The lowest BCUT2D eigenvalue weighted by Gasteiger charge is -2.04. The van der Waals surface area contributed by atoms with Gasteiger partial charge in [-0.05, 0) is 18.6 Å². The number of carbonyl (C=O) groups is 1. The number of aromatic nitrogens is 2. The van der Waals surface area contributed by atoms with Crippen molar-refractivity contribution in [2.75, 3.05) is 27.1 Å². The topological polar surface area (TPSA) is 73.3 Å². The maximum atomic E-state index is 11.8. The van der Waals surface area contributed by atoms with Crippen LogP contribution in [0.2, 0.25) is 0 Å². The molecule has 2 aromatic heterocycles. The predicted molar refractivity (Wildman–Crippen MR) is 84.5 cm³/mol. The smallest absolute Gasteiger partial charge is 0.226 e. The van der Waals surface area contributed by atoms with Gasteiger partial charge in [-0.25, -0.2) is 4.98 Å². The van der Waals surface area contributed by atoms with Gasteiger partial charge in [-0.1, -0.05) is 6.07 Å². The van der Waals surface area contributed by atoms with Gasteiger partial charge in [0, 0.05) is 25.2 Å². The molecule has 0 saturated heterocycles. The fourth-order valence-electron chi connectivity index (χ4n) is 1.77. The minimum atomic E-state index is -0.0374. The van der Waals surface area contributed by atoms with Gasteiger partial charge in [-0.15, -0.1) is 11.3 Å². The number of methoxy groups -OCH3 is 1. The van der Waals surface area contributed by atoms with Crippen LogP contribution >= 0.6 is 11.3 Å². The van der Waals surface area contributed by atoms with Crippen molar-refractivity contribution >= 4 is 17.2 Å². The highest BCUT2D eigenvalue weighted by atomic mass is 32.1. The fraction of sp³-hybridized carbons (Fsp3) is 0.400. The average molecular weight is 321 g/mol.